The number of nitrogens with zero attached hydrogens (tertiary/aromatic N) is 1. The average molecular weight is 317 g/mol. The smallest absolute Gasteiger partial charge is 0.211 e. The van der Waals surface area contributed by atoms with Gasteiger partial charge in [-0.3, -0.25) is 11.3 Å². The first-order chi connectivity index (χ1) is 10.0. The number of sulfonamides is 1. The van der Waals surface area contributed by atoms with Gasteiger partial charge in [0, 0.05) is 19.1 Å². The summed E-state index contributed by atoms with van der Waals surface area (Å²) in [4.78, 5) is 0. The lowest BCUT2D eigenvalue weighted by atomic mass is 9.83. The van der Waals surface area contributed by atoms with Gasteiger partial charge >= 0.3 is 0 Å². The highest BCUT2D eigenvalue weighted by atomic mass is 32.2. The number of hydrazine groups is 1. The van der Waals surface area contributed by atoms with E-state index >= 15 is 0 Å². The van der Waals surface area contributed by atoms with Crippen LogP contribution in [0, 0.1) is 11.8 Å². The number of rotatable bonds is 5. The minimum Gasteiger partial charge on any atom is -0.271 e. The van der Waals surface area contributed by atoms with Crippen LogP contribution in [0.15, 0.2) is 0 Å². The van der Waals surface area contributed by atoms with Gasteiger partial charge in [-0.1, -0.05) is 25.7 Å². The Labute approximate surface area is 129 Å². The van der Waals surface area contributed by atoms with Crippen molar-refractivity contribution < 1.29 is 8.42 Å². The first-order valence-corrected chi connectivity index (χ1v) is 10.3. The Kier molecular flexibility index (Phi) is 6.47. The monoisotopic (exact) mass is 317 g/mol. The van der Waals surface area contributed by atoms with Crippen molar-refractivity contribution in [2.75, 3.05) is 19.3 Å². The van der Waals surface area contributed by atoms with Crippen LogP contribution >= 0.6 is 0 Å². The molecule has 1 saturated carbocycles. The maximum Gasteiger partial charge on any atom is 0.211 e. The summed E-state index contributed by atoms with van der Waals surface area (Å²) in [6.45, 7) is 1.35. The molecule has 0 amide bonds. The van der Waals surface area contributed by atoms with E-state index in [-0.39, 0.29) is 0 Å². The highest BCUT2D eigenvalue weighted by Gasteiger charge is 2.30. The molecule has 0 aromatic rings. The van der Waals surface area contributed by atoms with Crippen LogP contribution in [-0.4, -0.2) is 38.1 Å². The molecule has 3 N–H and O–H groups in total. The van der Waals surface area contributed by atoms with E-state index < -0.39 is 10.0 Å². The standard InChI is InChI=1S/C15H31N3O2S/c1-21(19,20)18-10-6-7-13(12-18)11-15(17-16)14-8-4-2-3-5-9-14/h13-15,17H,2-12,16H2,1H3. The molecule has 0 aromatic heterocycles. The average Bonchev–Trinajstić information content (AvgIpc) is 2.73. The Morgan fingerprint density at radius 1 is 1.14 bits per heavy atom. The van der Waals surface area contributed by atoms with Crippen molar-refractivity contribution >= 4 is 10.0 Å². The molecule has 6 heteroatoms. The molecule has 2 rings (SSSR count). The lowest BCUT2D eigenvalue weighted by Crippen LogP contribution is -2.45. The summed E-state index contributed by atoms with van der Waals surface area (Å²) in [6, 6.07) is 0.340. The number of nitrogens with two attached hydrogens (primary N) is 1. The third kappa shape index (κ3) is 5.20. The predicted octanol–water partition coefficient (Wildman–Crippen LogP) is 1.85. The maximum absolute atomic E-state index is 11.7. The molecule has 21 heavy (non-hydrogen) atoms. The van der Waals surface area contributed by atoms with Crippen LogP contribution in [0.3, 0.4) is 0 Å². The highest BCUT2D eigenvalue weighted by Crippen LogP contribution is 2.30. The summed E-state index contributed by atoms with van der Waals surface area (Å²) in [7, 11) is -3.05. The number of piperidine rings is 1. The lowest BCUT2D eigenvalue weighted by molar-refractivity contribution is 0.206. The highest BCUT2D eigenvalue weighted by molar-refractivity contribution is 7.88. The number of nitrogens with one attached hydrogen (secondary N) is 1. The second kappa shape index (κ2) is 7.90. The summed E-state index contributed by atoms with van der Waals surface area (Å²) >= 11 is 0. The fourth-order valence-electron chi connectivity index (χ4n) is 3.99. The molecule has 1 heterocycles. The fraction of sp³-hybridized carbons (Fsp3) is 1.00. The van der Waals surface area contributed by atoms with Gasteiger partial charge in [0.05, 0.1) is 6.26 Å². The summed E-state index contributed by atoms with van der Waals surface area (Å²) in [5.41, 5.74) is 3.03. The van der Waals surface area contributed by atoms with Gasteiger partial charge in [-0.2, -0.15) is 0 Å². The van der Waals surface area contributed by atoms with Crippen molar-refractivity contribution in [2.45, 2.75) is 63.8 Å². The van der Waals surface area contributed by atoms with Gasteiger partial charge in [0.15, 0.2) is 0 Å². The molecular formula is C15H31N3O2S. The predicted molar refractivity (Wildman–Crippen MR) is 86.1 cm³/mol. The van der Waals surface area contributed by atoms with Crippen LogP contribution in [0.1, 0.15) is 57.8 Å². The zero-order valence-corrected chi connectivity index (χ0v) is 14.1. The van der Waals surface area contributed by atoms with Gasteiger partial charge in [-0.15, -0.1) is 0 Å². The molecule has 2 aliphatic rings. The van der Waals surface area contributed by atoms with Crippen molar-refractivity contribution in [3.05, 3.63) is 0 Å². The number of hydrogen-bond acceptors (Lipinski definition) is 4. The first kappa shape index (κ1) is 17.2. The van der Waals surface area contributed by atoms with E-state index in [0.29, 0.717) is 31.0 Å². The molecule has 2 fully saturated rings. The van der Waals surface area contributed by atoms with Crippen LogP contribution in [0.4, 0.5) is 0 Å². The molecule has 5 nitrogen and oxygen atoms in total. The molecule has 2 atom stereocenters. The van der Waals surface area contributed by atoms with E-state index in [2.05, 4.69) is 5.43 Å². The van der Waals surface area contributed by atoms with Crippen LogP contribution in [0.5, 0.6) is 0 Å². The SMILES string of the molecule is CS(=O)(=O)N1CCCC(CC(NN)C2CCCCCC2)C1. The molecular weight excluding hydrogens is 286 g/mol. The fourth-order valence-corrected chi connectivity index (χ4v) is 4.93. The van der Waals surface area contributed by atoms with E-state index in [1.807, 2.05) is 0 Å². The van der Waals surface area contributed by atoms with Gasteiger partial charge in [0.1, 0.15) is 0 Å². The Morgan fingerprint density at radius 2 is 1.81 bits per heavy atom. The minimum atomic E-state index is -3.05. The van der Waals surface area contributed by atoms with Crippen LogP contribution in [0.25, 0.3) is 0 Å². The normalized spacial score (nSPS) is 28.2. The summed E-state index contributed by atoms with van der Waals surface area (Å²) in [6.07, 6.45) is 12.3. The van der Waals surface area contributed by atoms with E-state index in [4.69, 9.17) is 5.84 Å². The topological polar surface area (TPSA) is 75.4 Å². The summed E-state index contributed by atoms with van der Waals surface area (Å²) < 4.78 is 25.1. The van der Waals surface area contributed by atoms with Crippen molar-refractivity contribution in [2.24, 2.45) is 17.7 Å². The first-order valence-electron chi connectivity index (χ1n) is 8.42. The van der Waals surface area contributed by atoms with Crippen molar-refractivity contribution in [1.82, 2.24) is 9.73 Å². The van der Waals surface area contributed by atoms with E-state index in [1.54, 1.807) is 4.31 Å². The van der Waals surface area contributed by atoms with E-state index in [0.717, 1.165) is 19.3 Å². The molecule has 1 saturated heterocycles. The van der Waals surface area contributed by atoms with Gasteiger partial charge in [0.2, 0.25) is 10.0 Å². The summed E-state index contributed by atoms with van der Waals surface area (Å²) in [5, 5.41) is 0. The van der Waals surface area contributed by atoms with Gasteiger partial charge < -0.3 is 0 Å². The quantitative estimate of drug-likeness (QED) is 0.461. The zero-order chi connectivity index (χ0) is 15.3. The molecule has 1 aliphatic carbocycles. The molecule has 0 aromatic carbocycles. The Bertz CT molecular complexity index is 405. The van der Waals surface area contributed by atoms with Crippen molar-refractivity contribution in [3.8, 4) is 0 Å². The Morgan fingerprint density at radius 3 is 2.38 bits per heavy atom. The summed E-state index contributed by atoms with van der Waals surface area (Å²) in [5.74, 6) is 6.91. The zero-order valence-electron chi connectivity index (χ0n) is 13.3. The van der Waals surface area contributed by atoms with Crippen LogP contribution < -0.4 is 11.3 Å². The van der Waals surface area contributed by atoms with Crippen LogP contribution in [-0.2, 0) is 10.0 Å². The molecule has 0 radical (unpaired) electrons. The third-order valence-corrected chi connectivity index (χ3v) is 6.49. The molecule has 0 bridgehead atoms. The van der Waals surface area contributed by atoms with Crippen LogP contribution in [0.2, 0.25) is 0 Å². The lowest BCUT2D eigenvalue weighted by Gasteiger charge is -2.35. The second-order valence-electron chi connectivity index (χ2n) is 6.89. The second-order valence-corrected chi connectivity index (χ2v) is 8.87. The largest absolute Gasteiger partial charge is 0.271 e. The van der Waals surface area contributed by atoms with Gasteiger partial charge in [-0.25, -0.2) is 12.7 Å². The Balaban J connectivity index is 1.91. The van der Waals surface area contributed by atoms with Crippen molar-refractivity contribution in [3.63, 3.8) is 0 Å². The van der Waals surface area contributed by atoms with Gasteiger partial charge in [-0.05, 0) is 43.9 Å². The molecule has 0 spiro atoms. The van der Waals surface area contributed by atoms with E-state index in [1.165, 1.54) is 44.8 Å². The van der Waals surface area contributed by atoms with Crippen molar-refractivity contribution in [1.29, 1.82) is 0 Å². The minimum absolute atomic E-state index is 0.340. The molecule has 1 aliphatic heterocycles. The molecule has 2 unspecified atom stereocenters. The molecule has 124 valence electrons. The number of hydrogen-bond donors (Lipinski definition) is 2. The Hall–Kier alpha value is -0.170. The van der Waals surface area contributed by atoms with E-state index in [9.17, 15) is 8.42 Å². The maximum atomic E-state index is 11.7. The third-order valence-electron chi connectivity index (χ3n) is 5.22. The van der Waals surface area contributed by atoms with Gasteiger partial charge in [0.25, 0.3) is 0 Å².